The van der Waals surface area contributed by atoms with Gasteiger partial charge in [-0.3, -0.25) is 25.8 Å². The first-order chi connectivity index (χ1) is 13.0. The Morgan fingerprint density at radius 2 is 1.48 bits per heavy atom. The lowest BCUT2D eigenvalue weighted by Crippen LogP contribution is -2.49. The third-order valence-electron chi connectivity index (χ3n) is 3.32. The van der Waals surface area contributed by atoms with Crippen LogP contribution >= 0.6 is 12.2 Å². The van der Waals surface area contributed by atoms with Crippen LogP contribution in [0.5, 0.6) is 17.2 Å². The van der Waals surface area contributed by atoms with Gasteiger partial charge in [0.1, 0.15) is 5.75 Å². The Labute approximate surface area is 161 Å². The van der Waals surface area contributed by atoms with Crippen LogP contribution in [0.25, 0.3) is 0 Å². The Morgan fingerprint density at radius 1 is 0.889 bits per heavy atom. The van der Waals surface area contributed by atoms with Gasteiger partial charge in [0, 0.05) is 0 Å². The molecule has 2 rings (SSSR count). The van der Waals surface area contributed by atoms with Crippen molar-refractivity contribution in [1.29, 1.82) is 0 Å². The minimum atomic E-state index is -0.491. The number of ether oxygens (including phenoxy) is 3. The van der Waals surface area contributed by atoms with Gasteiger partial charge in [0.25, 0.3) is 11.8 Å². The molecule has 0 spiro atoms. The number of hydrogen-bond acceptors (Lipinski definition) is 6. The monoisotopic (exact) mass is 389 g/mol. The Morgan fingerprint density at radius 3 is 2.15 bits per heavy atom. The number of nitrogens with one attached hydrogen (secondary N) is 3. The molecule has 0 saturated carbocycles. The Hall–Kier alpha value is -3.33. The van der Waals surface area contributed by atoms with E-state index < -0.39 is 11.8 Å². The fourth-order valence-corrected chi connectivity index (χ4v) is 2.22. The number of thiocarbonyl (C=S) groups is 1. The summed E-state index contributed by atoms with van der Waals surface area (Å²) in [6.07, 6.45) is 0. The van der Waals surface area contributed by atoms with Crippen LogP contribution in [0, 0.1) is 0 Å². The van der Waals surface area contributed by atoms with Crippen LogP contribution in [0.2, 0.25) is 0 Å². The van der Waals surface area contributed by atoms with Crippen molar-refractivity contribution < 1.29 is 23.8 Å². The smallest absolute Gasteiger partial charge is 0.276 e. The van der Waals surface area contributed by atoms with Gasteiger partial charge in [-0.25, -0.2) is 0 Å². The Balaban J connectivity index is 1.79. The van der Waals surface area contributed by atoms with Crippen molar-refractivity contribution in [3.05, 3.63) is 54.1 Å². The molecule has 0 aliphatic rings. The minimum Gasteiger partial charge on any atom is -0.496 e. The Bertz CT molecular complexity index is 828. The molecule has 3 N–H and O–H groups in total. The zero-order valence-electron chi connectivity index (χ0n) is 14.8. The second kappa shape index (κ2) is 9.97. The van der Waals surface area contributed by atoms with Crippen molar-refractivity contribution in [3.8, 4) is 17.2 Å². The second-order valence-electron chi connectivity index (χ2n) is 5.10. The maximum atomic E-state index is 12.2. The van der Waals surface area contributed by atoms with E-state index in [4.69, 9.17) is 26.4 Å². The molecule has 0 fully saturated rings. The molecule has 2 amide bonds. The average molecular weight is 389 g/mol. The molecular weight excluding hydrogens is 370 g/mol. The van der Waals surface area contributed by atoms with Crippen LogP contribution in [0.3, 0.4) is 0 Å². The van der Waals surface area contributed by atoms with Gasteiger partial charge in [-0.15, -0.1) is 0 Å². The zero-order valence-corrected chi connectivity index (χ0v) is 15.6. The van der Waals surface area contributed by atoms with Crippen LogP contribution in [-0.4, -0.2) is 37.8 Å². The SMILES string of the molecule is COc1ccccc1OCC(=O)NNC(=S)NC(=O)c1ccccc1OC. The van der Waals surface area contributed by atoms with Crippen molar-refractivity contribution in [2.75, 3.05) is 20.8 Å². The van der Waals surface area contributed by atoms with Gasteiger partial charge >= 0.3 is 0 Å². The number of para-hydroxylation sites is 3. The fourth-order valence-electron chi connectivity index (χ4n) is 2.08. The number of amides is 2. The first-order valence-corrected chi connectivity index (χ1v) is 8.25. The highest BCUT2D eigenvalue weighted by atomic mass is 32.1. The lowest BCUT2D eigenvalue weighted by molar-refractivity contribution is -0.123. The van der Waals surface area contributed by atoms with E-state index in [0.717, 1.165) is 0 Å². The maximum Gasteiger partial charge on any atom is 0.276 e. The van der Waals surface area contributed by atoms with Gasteiger partial charge in [-0.1, -0.05) is 24.3 Å². The van der Waals surface area contributed by atoms with E-state index in [1.807, 2.05) is 0 Å². The minimum absolute atomic E-state index is 0.0726. The second-order valence-corrected chi connectivity index (χ2v) is 5.50. The molecule has 0 bridgehead atoms. The van der Waals surface area contributed by atoms with Crippen LogP contribution in [-0.2, 0) is 4.79 Å². The standard InChI is InChI=1S/C18H19N3O5S/c1-24-13-8-4-3-7-12(13)17(23)19-18(27)21-20-16(22)11-26-15-10-6-5-9-14(15)25-2/h3-10H,11H2,1-2H3,(H,20,22)(H2,19,21,23,27). The summed E-state index contributed by atoms with van der Waals surface area (Å²) in [6, 6.07) is 13.6. The van der Waals surface area contributed by atoms with Gasteiger partial charge in [-0.2, -0.15) is 0 Å². The van der Waals surface area contributed by atoms with Crippen LogP contribution in [0.1, 0.15) is 10.4 Å². The molecule has 0 heterocycles. The number of benzene rings is 2. The van der Waals surface area contributed by atoms with Crippen LogP contribution < -0.4 is 30.4 Å². The molecule has 0 aliphatic heterocycles. The summed E-state index contributed by atoms with van der Waals surface area (Å²) in [4.78, 5) is 24.0. The van der Waals surface area contributed by atoms with E-state index in [2.05, 4.69) is 16.2 Å². The molecule has 142 valence electrons. The van der Waals surface area contributed by atoms with E-state index >= 15 is 0 Å². The molecule has 0 radical (unpaired) electrons. The molecule has 2 aromatic carbocycles. The lowest BCUT2D eigenvalue weighted by Gasteiger charge is -2.13. The molecule has 0 unspecified atom stereocenters. The topological polar surface area (TPSA) is 97.9 Å². The lowest BCUT2D eigenvalue weighted by atomic mass is 10.2. The van der Waals surface area contributed by atoms with Crippen LogP contribution in [0.15, 0.2) is 48.5 Å². The maximum absolute atomic E-state index is 12.2. The zero-order chi connectivity index (χ0) is 19.6. The molecule has 0 saturated heterocycles. The van der Waals surface area contributed by atoms with Gasteiger partial charge in [-0.05, 0) is 36.5 Å². The predicted molar refractivity (Wildman–Crippen MR) is 103 cm³/mol. The van der Waals surface area contributed by atoms with Crippen molar-refractivity contribution >= 4 is 29.1 Å². The average Bonchev–Trinajstić information content (AvgIpc) is 2.70. The van der Waals surface area contributed by atoms with E-state index in [1.54, 1.807) is 48.5 Å². The first kappa shape index (κ1) is 20.0. The normalized spacial score (nSPS) is 9.70. The summed E-state index contributed by atoms with van der Waals surface area (Å²) in [6.45, 7) is -0.267. The number of hydrazine groups is 1. The third kappa shape index (κ3) is 5.86. The van der Waals surface area contributed by atoms with E-state index in [9.17, 15) is 9.59 Å². The number of methoxy groups -OCH3 is 2. The quantitative estimate of drug-likeness (QED) is 0.508. The highest BCUT2D eigenvalue weighted by Crippen LogP contribution is 2.25. The number of rotatable bonds is 6. The third-order valence-corrected chi connectivity index (χ3v) is 3.53. The van der Waals surface area contributed by atoms with Gasteiger partial charge in [0.15, 0.2) is 23.2 Å². The summed E-state index contributed by atoms with van der Waals surface area (Å²) in [7, 11) is 2.97. The van der Waals surface area contributed by atoms with Crippen molar-refractivity contribution in [1.82, 2.24) is 16.2 Å². The van der Waals surface area contributed by atoms with Gasteiger partial charge < -0.3 is 14.2 Å². The van der Waals surface area contributed by atoms with E-state index in [-0.39, 0.29) is 11.7 Å². The predicted octanol–water partition coefficient (Wildman–Crippen LogP) is 1.42. The molecule has 0 atom stereocenters. The molecular formula is C18H19N3O5S. The van der Waals surface area contributed by atoms with Crippen molar-refractivity contribution in [3.63, 3.8) is 0 Å². The van der Waals surface area contributed by atoms with E-state index in [0.29, 0.717) is 22.8 Å². The van der Waals surface area contributed by atoms with Crippen LogP contribution in [0.4, 0.5) is 0 Å². The van der Waals surface area contributed by atoms with Crippen molar-refractivity contribution in [2.24, 2.45) is 0 Å². The summed E-state index contributed by atoms with van der Waals surface area (Å²) in [5.74, 6) is 0.395. The van der Waals surface area contributed by atoms with Crippen molar-refractivity contribution in [2.45, 2.75) is 0 Å². The number of hydrogen-bond donors (Lipinski definition) is 3. The van der Waals surface area contributed by atoms with Gasteiger partial charge in [0.2, 0.25) is 0 Å². The molecule has 0 aromatic heterocycles. The number of carbonyl (C=O) groups excluding carboxylic acids is 2. The molecule has 27 heavy (non-hydrogen) atoms. The van der Waals surface area contributed by atoms with E-state index in [1.165, 1.54) is 14.2 Å². The molecule has 9 heteroatoms. The molecule has 0 aliphatic carbocycles. The molecule has 2 aromatic rings. The summed E-state index contributed by atoms with van der Waals surface area (Å²) in [5.41, 5.74) is 5.08. The fraction of sp³-hybridized carbons (Fsp3) is 0.167. The molecule has 8 nitrogen and oxygen atoms in total. The number of carbonyl (C=O) groups is 2. The first-order valence-electron chi connectivity index (χ1n) is 7.84. The highest BCUT2D eigenvalue weighted by molar-refractivity contribution is 7.80. The highest BCUT2D eigenvalue weighted by Gasteiger charge is 2.13. The summed E-state index contributed by atoms with van der Waals surface area (Å²) >= 11 is 4.99. The largest absolute Gasteiger partial charge is 0.496 e. The summed E-state index contributed by atoms with van der Waals surface area (Å²) < 4.78 is 15.6. The Kier molecular flexibility index (Phi) is 7.38. The van der Waals surface area contributed by atoms with Gasteiger partial charge in [0.05, 0.1) is 19.8 Å². The summed E-state index contributed by atoms with van der Waals surface area (Å²) in [5, 5.41) is 2.37.